The molecule has 0 radical (unpaired) electrons. The molecule has 0 saturated heterocycles. The van der Waals surface area contributed by atoms with Crippen molar-refractivity contribution in [2.24, 2.45) is 5.92 Å². The van der Waals surface area contributed by atoms with Gasteiger partial charge in [-0.25, -0.2) is 0 Å². The summed E-state index contributed by atoms with van der Waals surface area (Å²) >= 11 is 1.55. The van der Waals surface area contributed by atoms with E-state index in [-0.39, 0.29) is 17.6 Å². The van der Waals surface area contributed by atoms with Crippen LogP contribution in [0.15, 0.2) is 22.0 Å². The summed E-state index contributed by atoms with van der Waals surface area (Å²) in [5, 5.41) is 5.87. The molecule has 1 atom stereocenters. The van der Waals surface area contributed by atoms with E-state index in [0.29, 0.717) is 11.7 Å². The smallest absolute Gasteiger partial charge is 0.237 e. The van der Waals surface area contributed by atoms with Gasteiger partial charge in [-0.05, 0) is 24.3 Å². The van der Waals surface area contributed by atoms with Gasteiger partial charge >= 0.3 is 0 Å². The molecule has 0 aliphatic carbocycles. The predicted octanol–water partition coefficient (Wildman–Crippen LogP) is 3.13. The first-order valence-electron chi connectivity index (χ1n) is 5.47. The van der Waals surface area contributed by atoms with Gasteiger partial charge in [-0.2, -0.15) is 4.98 Å². The fourth-order valence-corrected chi connectivity index (χ4v) is 2.45. The van der Waals surface area contributed by atoms with Gasteiger partial charge in [0.2, 0.25) is 11.7 Å². The summed E-state index contributed by atoms with van der Waals surface area (Å²) in [5.41, 5.74) is 0. The number of nitrogens with zero attached hydrogens (tertiary/aromatic N) is 2. The van der Waals surface area contributed by atoms with Crippen LogP contribution in [0.2, 0.25) is 0 Å². The van der Waals surface area contributed by atoms with Gasteiger partial charge in [-0.15, -0.1) is 11.3 Å². The van der Waals surface area contributed by atoms with Crippen LogP contribution in [0.5, 0.6) is 0 Å². The minimum atomic E-state index is -0.309. The van der Waals surface area contributed by atoms with Crippen molar-refractivity contribution in [3.8, 4) is 10.7 Å². The maximum Gasteiger partial charge on any atom is 0.237 e. The molecule has 2 aromatic heterocycles. The van der Waals surface area contributed by atoms with Crippen LogP contribution < -0.4 is 0 Å². The van der Waals surface area contributed by atoms with E-state index in [9.17, 15) is 4.79 Å². The summed E-state index contributed by atoms with van der Waals surface area (Å²) in [6, 6.07) is 3.86. The Balaban J connectivity index is 2.31. The van der Waals surface area contributed by atoms with Crippen LogP contribution in [0.25, 0.3) is 10.7 Å². The van der Waals surface area contributed by atoms with Crippen molar-refractivity contribution in [2.75, 3.05) is 0 Å². The average Bonchev–Trinajstić information content (AvgIpc) is 2.83. The van der Waals surface area contributed by atoms with Crippen molar-refractivity contribution in [3.63, 3.8) is 0 Å². The number of Topliss-reactive ketones (excluding diaryl/α,β-unsaturated/α-hetero) is 1. The second-order valence-corrected chi connectivity index (χ2v) is 5.21. The number of carbonyl (C=O) groups is 1. The lowest BCUT2D eigenvalue weighted by atomic mass is 9.92. The van der Waals surface area contributed by atoms with Crippen LogP contribution in [0.3, 0.4) is 0 Å². The molecule has 90 valence electrons. The highest BCUT2D eigenvalue weighted by molar-refractivity contribution is 7.13. The van der Waals surface area contributed by atoms with Crippen molar-refractivity contribution in [2.45, 2.75) is 26.7 Å². The number of ketones is 1. The van der Waals surface area contributed by atoms with Crippen LogP contribution in [-0.2, 0) is 4.79 Å². The Morgan fingerprint density at radius 3 is 2.76 bits per heavy atom. The first-order valence-corrected chi connectivity index (χ1v) is 6.35. The van der Waals surface area contributed by atoms with Crippen molar-refractivity contribution in [1.29, 1.82) is 0 Å². The van der Waals surface area contributed by atoms with Gasteiger partial charge in [-0.1, -0.05) is 25.1 Å². The molecular formula is C12H14N2O2S. The van der Waals surface area contributed by atoms with Gasteiger partial charge in [0, 0.05) is 0 Å². The fourth-order valence-electron chi connectivity index (χ4n) is 1.80. The molecule has 0 bridgehead atoms. The van der Waals surface area contributed by atoms with E-state index in [1.807, 2.05) is 31.4 Å². The molecule has 2 rings (SSSR count). The number of carbonyl (C=O) groups excluding carboxylic acids is 1. The second kappa shape index (κ2) is 4.79. The highest BCUT2D eigenvalue weighted by Gasteiger charge is 2.27. The minimum absolute atomic E-state index is 0.0568. The van der Waals surface area contributed by atoms with E-state index in [4.69, 9.17) is 4.52 Å². The predicted molar refractivity (Wildman–Crippen MR) is 65.9 cm³/mol. The summed E-state index contributed by atoms with van der Waals surface area (Å²) in [7, 11) is 0. The van der Waals surface area contributed by atoms with Crippen LogP contribution in [0, 0.1) is 5.92 Å². The van der Waals surface area contributed by atoms with Crippen molar-refractivity contribution in [3.05, 3.63) is 23.4 Å². The van der Waals surface area contributed by atoms with Crippen LogP contribution in [-0.4, -0.2) is 15.9 Å². The summed E-state index contributed by atoms with van der Waals surface area (Å²) in [5.74, 6) is 0.875. The van der Waals surface area contributed by atoms with E-state index in [0.717, 1.165) is 4.88 Å². The van der Waals surface area contributed by atoms with Crippen LogP contribution in [0.1, 0.15) is 32.6 Å². The van der Waals surface area contributed by atoms with E-state index >= 15 is 0 Å². The molecule has 4 nitrogen and oxygen atoms in total. The van der Waals surface area contributed by atoms with E-state index in [1.165, 1.54) is 0 Å². The molecule has 0 aliphatic rings. The zero-order chi connectivity index (χ0) is 12.4. The third-order valence-electron chi connectivity index (χ3n) is 2.55. The maximum atomic E-state index is 11.6. The van der Waals surface area contributed by atoms with Crippen molar-refractivity contribution in [1.82, 2.24) is 10.1 Å². The van der Waals surface area contributed by atoms with Gasteiger partial charge < -0.3 is 4.52 Å². The third-order valence-corrected chi connectivity index (χ3v) is 3.42. The lowest BCUT2D eigenvalue weighted by molar-refractivity contribution is -0.119. The Labute approximate surface area is 104 Å². The van der Waals surface area contributed by atoms with Gasteiger partial charge in [0.15, 0.2) is 0 Å². The normalized spacial score (nSPS) is 12.9. The third kappa shape index (κ3) is 2.44. The Bertz CT molecular complexity index is 502. The number of thiophene rings is 1. The lowest BCUT2D eigenvalue weighted by Crippen LogP contribution is -2.15. The van der Waals surface area contributed by atoms with E-state index in [2.05, 4.69) is 10.1 Å². The van der Waals surface area contributed by atoms with Gasteiger partial charge in [0.1, 0.15) is 5.78 Å². The quantitative estimate of drug-likeness (QED) is 0.836. The summed E-state index contributed by atoms with van der Waals surface area (Å²) < 4.78 is 5.20. The van der Waals surface area contributed by atoms with E-state index < -0.39 is 0 Å². The minimum Gasteiger partial charge on any atom is -0.338 e. The highest BCUT2D eigenvalue weighted by Crippen LogP contribution is 2.27. The number of rotatable bonds is 4. The zero-order valence-corrected chi connectivity index (χ0v) is 10.8. The SMILES string of the molecule is CC(=O)C(c1nc(-c2cccs2)no1)C(C)C. The van der Waals surface area contributed by atoms with E-state index in [1.54, 1.807) is 18.3 Å². The molecule has 0 aliphatic heterocycles. The lowest BCUT2D eigenvalue weighted by Gasteiger charge is -2.12. The summed E-state index contributed by atoms with van der Waals surface area (Å²) in [6.07, 6.45) is 0. The molecule has 2 aromatic rings. The molecule has 1 unspecified atom stereocenters. The largest absolute Gasteiger partial charge is 0.338 e. The number of hydrogen-bond acceptors (Lipinski definition) is 5. The number of aromatic nitrogens is 2. The van der Waals surface area contributed by atoms with Gasteiger partial charge in [0.05, 0.1) is 10.8 Å². The zero-order valence-electron chi connectivity index (χ0n) is 10.0. The number of hydrogen-bond donors (Lipinski definition) is 0. The Hall–Kier alpha value is -1.49. The Morgan fingerprint density at radius 1 is 1.47 bits per heavy atom. The molecule has 0 spiro atoms. The standard InChI is InChI=1S/C12H14N2O2S/c1-7(2)10(8(3)15)12-13-11(14-16-12)9-5-4-6-17-9/h4-7,10H,1-3H3. The molecule has 0 N–H and O–H groups in total. The Kier molecular flexibility index (Phi) is 3.38. The molecule has 2 heterocycles. The summed E-state index contributed by atoms with van der Waals surface area (Å²) in [6.45, 7) is 5.50. The molecule has 17 heavy (non-hydrogen) atoms. The first kappa shape index (κ1) is 12.0. The molecule has 0 aromatic carbocycles. The average molecular weight is 250 g/mol. The molecule has 0 fully saturated rings. The molecule has 5 heteroatoms. The fraction of sp³-hybridized carbons (Fsp3) is 0.417. The molecule has 0 saturated carbocycles. The van der Waals surface area contributed by atoms with Gasteiger partial charge in [-0.3, -0.25) is 4.79 Å². The molecular weight excluding hydrogens is 236 g/mol. The highest BCUT2D eigenvalue weighted by atomic mass is 32.1. The monoisotopic (exact) mass is 250 g/mol. The van der Waals surface area contributed by atoms with Crippen molar-refractivity contribution >= 4 is 17.1 Å². The van der Waals surface area contributed by atoms with Crippen molar-refractivity contribution < 1.29 is 9.32 Å². The second-order valence-electron chi connectivity index (χ2n) is 4.27. The van der Waals surface area contributed by atoms with Crippen LogP contribution in [0.4, 0.5) is 0 Å². The Morgan fingerprint density at radius 2 is 2.24 bits per heavy atom. The summed E-state index contributed by atoms with van der Waals surface area (Å²) in [4.78, 5) is 16.8. The maximum absolute atomic E-state index is 11.6. The molecule has 0 amide bonds. The first-order chi connectivity index (χ1) is 8.09. The van der Waals surface area contributed by atoms with Crippen LogP contribution >= 0.6 is 11.3 Å². The van der Waals surface area contributed by atoms with Gasteiger partial charge in [0.25, 0.3) is 0 Å². The topological polar surface area (TPSA) is 56.0 Å².